The molecule has 2 aromatic carbocycles. The first-order chi connectivity index (χ1) is 11.7. The van der Waals surface area contributed by atoms with Crippen molar-refractivity contribution in [3.63, 3.8) is 0 Å². The van der Waals surface area contributed by atoms with Gasteiger partial charge in [-0.15, -0.1) is 0 Å². The summed E-state index contributed by atoms with van der Waals surface area (Å²) < 4.78 is 10.6. The zero-order chi connectivity index (χ0) is 16.9. The molecule has 0 amide bonds. The van der Waals surface area contributed by atoms with Crippen LogP contribution in [0.5, 0.6) is 5.75 Å². The van der Waals surface area contributed by atoms with E-state index in [0.29, 0.717) is 6.54 Å². The second-order valence-corrected chi connectivity index (χ2v) is 5.66. The predicted molar refractivity (Wildman–Crippen MR) is 98.3 cm³/mol. The molecule has 0 aliphatic carbocycles. The maximum atomic E-state index is 5.44. The van der Waals surface area contributed by atoms with Crippen LogP contribution >= 0.6 is 0 Å². The lowest BCUT2D eigenvalue weighted by atomic mass is 9.99. The zero-order valence-electron chi connectivity index (χ0n) is 14.0. The molecule has 0 fully saturated rings. The van der Waals surface area contributed by atoms with E-state index in [9.17, 15) is 0 Å². The lowest BCUT2D eigenvalue weighted by Crippen LogP contribution is -1.99. The Labute approximate surface area is 142 Å². The Kier molecular flexibility index (Phi) is 4.71. The van der Waals surface area contributed by atoms with Gasteiger partial charge in [-0.3, -0.25) is 0 Å². The van der Waals surface area contributed by atoms with Crippen molar-refractivity contribution in [2.24, 2.45) is 0 Å². The second-order valence-electron chi connectivity index (χ2n) is 5.66. The average molecular weight is 319 g/mol. The third kappa shape index (κ3) is 3.51. The van der Waals surface area contributed by atoms with Crippen LogP contribution in [0.4, 0.5) is 5.69 Å². The van der Waals surface area contributed by atoms with Gasteiger partial charge in [0.2, 0.25) is 0 Å². The molecule has 0 unspecified atom stereocenters. The summed E-state index contributed by atoms with van der Waals surface area (Å²) in [5.74, 6) is 1.81. The highest BCUT2D eigenvalue weighted by atomic mass is 16.5. The largest absolute Gasteiger partial charge is 0.497 e. The number of rotatable bonds is 6. The number of nitrogens with one attached hydrogen (secondary N) is 1. The van der Waals surface area contributed by atoms with Crippen LogP contribution in [-0.2, 0) is 6.54 Å². The molecule has 3 nitrogen and oxygen atoms in total. The maximum Gasteiger partial charge on any atom is 0.125 e. The molecule has 3 rings (SSSR count). The summed E-state index contributed by atoms with van der Waals surface area (Å²) in [5.41, 5.74) is 5.39. The summed E-state index contributed by atoms with van der Waals surface area (Å²) in [6.07, 6.45) is 1.72. The van der Waals surface area contributed by atoms with Crippen LogP contribution in [0.3, 0.4) is 0 Å². The maximum absolute atomic E-state index is 5.44. The number of furan rings is 1. The van der Waals surface area contributed by atoms with Gasteiger partial charge in [0.1, 0.15) is 11.5 Å². The third-order valence-electron chi connectivity index (χ3n) is 4.09. The molecule has 0 saturated carbocycles. The lowest BCUT2D eigenvalue weighted by Gasteiger charge is -2.10. The fourth-order valence-electron chi connectivity index (χ4n) is 2.52. The molecular formula is C21H21NO2. The molecule has 0 radical (unpaired) electrons. The molecule has 1 heterocycles. The number of methoxy groups -OCH3 is 1. The van der Waals surface area contributed by atoms with Crippen molar-refractivity contribution in [1.82, 2.24) is 0 Å². The van der Waals surface area contributed by atoms with Gasteiger partial charge in [-0.1, -0.05) is 30.8 Å². The molecular weight excluding hydrogens is 298 g/mol. The number of hydrogen-bond acceptors (Lipinski definition) is 3. The minimum Gasteiger partial charge on any atom is -0.497 e. The van der Waals surface area contributed by atoms with E-state index in [2.05, 4.69) is 36.2 Å². The Morgan fingerprint density at radius 1 is 1.00 bits per heavy atom. The molecule has 0 aliphatic heterocycles. The van der Waals surface area contributed by atoms with Crippen LogP contribution in [0.15, 0.2) is 71.9 Å². The van der Waals surface area contributed by atoms with E-state index in [0.717, 1.165) is 39.5 Å². The highest BCUT2D eigenvalue weighted by Crippen LogP contribution is 2.25. The highest BCUT2D eigenvalue weighted by Gasteiger charge is 2.04. The third-order valence-corrected chi connectivity index (χ3v) is 4.09. The molecule has 24 heavy (non-hydrogen) atoms. The molecule has 122 valence electrons. The van der Waals surface area contributed by atoms with E-state index in [1.165, 1.54) is 0 Å². The quantitative estimate of drug-likeness (QED) is 0.672. The topological polar surface area (TPSA) is 34.4 Å². The molecule has 1 N–H and O–H groups in total. The molecule has 0 atom stereocenters. The van der Waals surface area contributed by atoms with Crippen molar-refractivity contribution in [2.45, 2.75) is 13.5 Å². The summed E-state index contributed by atoms with van der Waals surface area (Å²) >= 11 is 0. The molecule has 0 spiro atoms. The molecule has 3 heteroatoms. The van der Waals surface area contributed by atoms with Crippen LogP contribution in [0.2, 0.25) is 0 Å². The summed E-state index contributed by atoms with van der Waals surface area (Å²) in [6, 6.07) is 18.2. The minimum atomic E-state index is 0.678. The smallest absolute Gasteiger partial charge is 0.125 e. The lowest BCUT2D eigenvalue weighted by molar-refractivity contribution is 0.415. The number of ether oxygens (including phenoxy) is 1. The number of benzene rings is 2. The van der Waals surface area contributed by atoms with Crippen molar-refractivity contribution in [1.29, 1.82) is 0 Å². The van der Waals surface area contributed by atoms with Crippen molar-refractivity contribution >= 4 is 11.3 Å². The molecule has 1 aromatic heterocycles. The number of anilines is 1. The Morgan fingerprint density at radius 2 is 1.62 bits per heavy atom. The normalized spacial score (nSPS) is 10.4. The second kappa shape index (κ2) is 7.09. The van der Waals surface area contributed by atoms with E-state index in [4.69, 9.17) is 9.15 Å². The van der Waals surface area contributed by atoms with Crippen LogP contribution < -0.4 is 10.1 Å². The van der Waals surface area contributed by atoms with Gasteiger partial charge in [0.15, 0.2) is 0 Å². The van der Waals surface area contributed by atoms with Crippen LogP contribution in [0, 0.1) is 6.92 Å². The first-order valence-corrected chi connectivity index (χ1v) is 7.88. The van der Waals surface area contributed by atoms with Crippen LogP contribution in [-0.4, -0.2) is 7.11 Å². The fourth-order valence-corrected chi connectivity index (χ4v) is 2.52. The van der Waals surface area contributed by atoms with Gasteiger partial charge in [0.25, 0.3) is 0 Å². The van der Waals surface area contributed by atoms with E-state index in [1.54, 1.807) is 13.4 Å². The molecule has 0 aliphatic rings. The first kappa shape index (κ1) is 15.9. The Hall–Kier alpha value is -2.94. The van der Waals surface area contributed by atoms with E-state index < -0.39 is 0 Å². The van der Waals surface area contributed by atoms with Gasteiger partial charge in [0, 0.05) is 5.69 Å². The van der Waals surface area contributed by atoms with Gasteiger partial charge in [0.05, 0.1) is 19.9 Å². The zero-order valence-corrected chi connectivity index (χ0v) is 14.0. The van der Waals surface area contributed by atoms with Crippen molar-refractivity contribution in [2.75, 3.05) is 12.4 Å². The van der Waals surface area contributed by atoms with Crippen molar-refractivity contribution < 1.29 is 9.15 Å². The van der Waals surface area contributed by atoms with Crippen LogP contribution in [0.1, 0.15) is 22.5 Å². The first-order valence-electron chi connectivity index (χ1n) is 7.88. The summed E-state index contributed by atoms with van der Waals surface area (Å²) in [7, 11) is 1.67. The average Bonchev–Trinajstić information content (AvgIpc) is 3.05. The fraction of sp³-hybridized carbons (Fsp3) is 0.143. The van der Waals surface area contributed by atoms with Gasteiger partial charge >= 0.3 is 0 Å². The van der Waals surface area contributed by atoms with E-state index in [-0.39, 0.29) is 0 Å². The van der Waals surface area contributed by atoms with Gasteiger partial charge < -0.3 is 14.5 Å². The van der Waals surface area contributed by atoms with E-state index in [1.807, 2.05) is 37.3 Å². The summed E-state index contributed by atoms with van der Waals surface area (Å²) in [6.45, 7) is 6.92. The van der Waals surface area contributed by atoms with E-state index >= 15 is 0 Å². The molecule has 0 saturated heterocycles. The standard InChI is InChI=1S/C21H21NO2/c1-15-12-13-24-21(15)14-22-19-8-4-17(5-9-19)16(2)18-6-10-20(23-3)11-7-18/h4-13,22H,2,14H2,1,3H3. The Morgan fingerprint density at radius 3 is 2.17 bits per heavy atom. The van der Waals surface area contributed by atoms with Gasteiger partial charge in [-0.05, 0) is 59.5 Å². The summed E-state index contributed by atoms with van der Waals surface area (Å²) in [4.78, 5) is 0. The predicted octanol–water partition coefficient (Wildman–Crippen LogP) is 5.27. The Balaban J connectivity index is 1.67. The highest BCUT2D eigenvalue weighted by molar-refractivity contribution is 5.78. The van der Waals surface area contributed by atoms with Crippen molar-refractivity contribution in [3.8, 4) is 5.75 Å². The Bertz CT molecular complexity index is 814. The van der Waals surface area contributed by atoms with Crippen molar-refractivity contribution in [3.05, 3.63) is 89.9 Å². The minimum absolute atomic E-state index is 0.678. The van der Waals surface area contributed by atoms with Gasteiger partial charge in [-0.25, -0.2) is 0 Å². The van der Waals surface area contributed by atoms with Gasteiger partial charge in [-0.2, -0.15) is 0 Å². The SMILES string of the molecule is C=C(c1ccc(NCc2occc2C)cc1)c1ccc(OC)cc1. The molecule has 3 aromatic rings. The monoisotopic (exact) mass is 319 g/mol. The number of aryl methyl sites for hydroxylation is 1. The molecule has 0 bridgehead atoms. The van der Waals surface area contributed by atoms with Crippen LogP contribution in [0.25, 0.3) is 5.57 Å². The number of hydrogen-bond donors (Lipinski definition) is 1. The summed E-state index contributed by atoms with van der Waals surface area (Å²) in [5, 5.41) is 3.37.